The van der Waals surface area contributed by atoms with E-state index in [1.165, 1.54) is 11.8 Å². The number of carbonyl (C=O) groups is 1. The molecular formula is C24H30N6O2S. The van der Waals surface area contributed by atoms with Crippen LogP contribution < -0.4 is 20.7 Å². The molecule has 8 nitrogen and oxygen atoms in total. The SMILES string of the molecule is CNc1nc(SC)ncc1CNc1cc(NC(=O)c2cccc(C(C)(C)C)c2)cnc1OC. The van der Waals surface area contributed by atoms with Gasteiger partial charge in [-0.3, -0.25) is 4.79 Å². The molecule has 1 aromatic carbocycles. The third-order valence-corrected chi connectivity index (χ3v) is 5.59. The van der Waals surface area contributed by atoms with Gasteiger partial charge in [0.15, 0.2) is 5.16 Å². The Morgan fingerprint density at radius 1 is 1.15 bits per heavy atom. The number of nitrogens with one attached hydrogen (secondary N) is 3. The number of thioether (sulfide) groups is 1. The fraction of sp³-hybridized carbons (Fsp3) is 0.333. The molecule has 0 aliphatic carbocycles. The molecule has 2 aromatic heterocycles. The molecule has 3 aromatic rings. The van der Waals surface area contributed by atoms with Gasteiger partial charge in [0.2, 0.25) is 5.88 Å². The first kappa shape index (κ1) is 24.3. The zero-order valence-corrected chi connectivity index (χ0v) is 20.6. The summed E-state index contributed by atoms with van der Waals surface area (Å²) in [5.41, 5.74) is 3.75. The summed E-state index contributed by atoms with van der Waals surface area (Å²) in [6.07, 6.45) is 5.29. The van der Waals surface area contributed by atoms with E-state index < -0.39 is 0 Å². The van der Waals surface area contributed by atoms with Crippen molar-refractivity contribution in [2.45, 2.75) is 37.9 Å². The number of methoxy groups -OCH3 is 1. The van der Waals surface area contributed by atoms with E-state index in [2.05, 4.69) is 51.7 Å². The Kier molecular flexibility index (Phi) is 7.75. The molecule has 0 bridgehead atoms. The number of pyridine rings is 1. The monoisotopic (exact) mass is 466 g/mol. The Bertz CT molecular complexity index is 1130. The van der Waals surface area contributed by atoms with Crippen LogP contribution in [-0.4, -0.2) is 41.3 Å². The van der Waals surface area contributed by atoms with E-state index in [1.807, 2.05) is 31.5 Å². The molecule has 33 heavy (non-hydrogen) atoms. The van der Waals surface area contributed by atoms with Crippen molar-refractivity contribution in [2.24, 2.45) is 0 Å². The van der Waals surface area contributed by atoms with Crippen LogP contribution in [0.3, 0.4) is 0 Å². The van der Waals surface area contributed by atoms with Crippen LogP contribution in [0.25, 0.3) is 0 Å². The second-order valence-electron chi connectivity index (χ2n) is 8.40. The van der Waals surface area contributed by atoms with Gasteiger partial charge in [-0.1, -0.05) is 44.7 Å². The highest BCUT2D eigenvalue weighted by atomic mass is 32.2. The van der Waals surface area contributed by atoms with E-state index in [-0.39, 0.29) is 11.3 Å². The Balaban J connectivity index is 1.78. The van der Waals surface area contributed by atoms with Gasteiger partial charge in [0, 0.05) is 30.9 Å². The van der Waals surface area contributed by atoms with E-state index >= 15 is 0 Å². The van der Waals surface area contributed by atoms with Crippen LogP contribution in [0.5, 0.6) is 5.88 Å². The van der Waals surface area contributed by atoms with Gasteiger partial charge in [-0.05, 0) is 35.4 Å². The molecule has 2 heterocycles. The summed E-state index contributed by atoms with van der Waals surface area (Å²) in [4.78, 5) is 26.0. The number of benzene rings is 1. The van der Waals surface area contributed by atoms with E-state index in [9.17, 15) is 4.79 Å². The maximum Gasteiger partial charge on any atom is 0.255 e. The summed E-state index contributed by atoms with van der Waals surface area (Å²) in [5, 5.41) is 10.0. The molecule has 0 radical (unpaired) electrons. The van der Waals surface area contributed by atoms with E-state index in [1.54, 1.807) is 31.6 Å². The fourth-order valence-corrected chi connectivity index (χ4v) is 3.51. The van der Waals surface area contributed by atoms with Crippen LogP contribution in [0.2, 0.25) is 0 Å². The second kappa shape index (κ2) is 10.5. The van der Waals surface area contributed by atoms with Gasteiger partial charge in [0.05, 0.1) is 24.7 Å². The predicted octanol–water partition coefficient (Wildman–Crippen LogP) is 4.81. The van der Waals surface area contributed by atoms with Crippen LogP contribution in [-0.2, 0) is 12.0 Å². The molecule has 0 aliphatic heterocycles. The first-order chi connectivity index (χ1) is 15.7. The number of aromatic nitrogens is 3. The summed E-state index contributed by atoms with van der Waals surface area (Å²) in [6, 6.07) is 9.45. The molecule has 0 aliphatic rings. The average Bonchev–Trinajstić information content (AvgIpc) is 2.82. The molecule has 3 N–H and O–H groups in total. The standard InChI is InChI=1S/C24H30N6O2S/c1-24(2,3)17-9-7-8-15(10-17)21(31)29-18-11-19(22(32-5)27-14-18)26-12-16-13-28-23(33-6)30-20(16)25-4/h7-11,13-14,26H,12H2,1-6H3,(H,29,31)(H,25,28,30). The van der Waals surface area contributed by atoms with Crippen molar-refractivity contribution < 1.29 is 9.53 Å². The summed E-state index contributed by atoms with van der Waals surface area (Å²) in [5.74, 6) is 0.977. The second-order valence-corrected chi connectivity index (χ2v) is 9.17. The number of amides is 1. The molecule has 9 heteroatoms. The Morgan fingerprint density at radius 2 is 1.94 bits per heavy atom. The van der Waals surface area contributed by atoms with Crippen LogP contribution in [0.15, 0.2) is 47.9 Å². The Labute approximate surface area is 199 Å². The Hall–Kier alpha value is -3.33. The number of hydrogen-bond acceptors (Lipinski definition) is 8. The predicted molar refractivity (Wildman–Crippen MR) is 135 cm³/mol. The van der Waals surface area contributed by atoms with Gasteiger partial charge in [0.1, 0.15) is 5.82 Å². The average molecular weight is 467 g/mol. The molecule has 0 unspecified atom stereocenters. The van der Waals surface area contributed by atoms with E-state index in [4.69, 9.17) is 4.74 Å². The lowest BCUT2D eigenvalue weighted by Gasteiger charge is -2.19. The van der Waals surface area contributed by atoms with Crippen LogP contribution >= 0.6 is 11.8 Å². The van der Waals surface area contributed by atoms with Crippen molar-refractivity contribution >= 4 is 34.9 Å². The number of nitrogens with zero attached hydrogens (tertiary/aromatic N) is 3. The van der Waals surface area contributed by atoms with E-state index in [0.29, 0.717) is 34.5 Å². The van der Waals surface area contributed by atoms with Crippen molar-refractivity contribution in [3.63, 3.8) is 0 Å². The highest BCUT2D eigenvalue weighted by molar-refractivity contribution is 7.98. The molecule has 0 atom stereocenters. The summed E-state index contributed by atoms with van der Waals surface area (Å²) in [6.45, 7) is 6.81. The smallest absolute Gasteiger partial charge is 0.255 e. The van der Waals surface area contributed by atoms with Crippen molar-refractivity contribution in [3.8, 4) is 5.88 Å². The zero-order valence-electron chi connectivity index (χ0n) is 19.8. The van der Waals surface area contributed by atoms with Crippen LogP contribution in [0.1, 0.15) is 42.3 Å². The number of anilines is 3. The zero-order chi connectivity index (χ0) is 24.0. The highest BCUT2D eigenvalue weighted by Gasteiger charge is 2.16. The van der Waals surface area contributed by atoms with Gasteiger partial charge in [-0.15, -0.1) is 0 Å². The quantitative estimate of drug-likeness (QED) is 0.321. The van der Waals surface area contributed by atoms with Crippen molar-refractivity contribution in [1.29, 1.82) is 0 Å². The lowest BCUT2D eigenvalue weighted by atomic mass is 9.86. The maximum absolute atomic E-state index is 12.9. The van der Waals surface area contributed by atoms with Gasteiger partial charge in [0.25, 0.3) is 5.91 Å². The molecule has 0 spiro atoms. The van der Waals surface area contributed by atoms with Gasteiger partial charge in [-0.2, -0.15) is 0 Å². The van der Waals surface area contributed by atoms with Crippen molar-refractivity contribution in [2.75, 3.05) is 36.4 Å². The molecule has 0 fully saturated rings. The van der Waals surface area contributed by atoms with Gasteiger partial charge in [-0.25, -0.2) is 15.0 Å². The maximum atomic E-state index is 12.9. The topological polar surface area (TPSA) is 101 Å². The minimum Gasteiger partial charge on any atom is -0.480 e. The minimum absolute atomic E-state index is 0.0427. The molecule has 0 saturated heterocycles. The minimum atomic E-state index is -0.197. The first-order valence-corrected chi connectivity index (χ1v) is 11.7. The fourth-order valence-electron chi connectivity index (χ4n) is 3.17. The first-order valence-electron chi connectivity index (χ1n) is 10.5. The summed E-state index contributed by atoms with van der Waals surface area (Å²) >= 11 is 1.48. The van der Waals surface area contributed by atoms with E-state index in [0.717, 1.165) is 16.9 Å². The third-order valence-electron chi connectivity index (χ3n) is 5.02. The third kappa shape index (κ3) is 6.13. The molecule has 3 rings (SSSR count). The van der Waals surface area contributed by atoms with Crippen LogP contribution in [0, 0.1) is 0 Å². The van der Waals surface area contributed by atoms with Crippen LogP contribution in [0.4, 0.5) is 17.2 Å². The number of hydrogen-bond donors (Lipinski definition) is 3. The number of carbonyl (C=O) groups excluding carboxylic acids is 1. The Morgan fingerprint density at radius 3 is 2.61 bits per heavy atom. The van der Waals surface area contributed by atoms with Crippen molar-refractivity contribution in [1.82, 2.24) is 15.0 Å². The number of rotatable bonds is 8. The normalized spacial score (nSPS) is 11.1. The molecule has 0 saturated carbocycles. The van der Waals surface area contributed by atoms with Gasteiger partial charge >= 0.3 is 0 Å². The molecule has 174 valence electrons. The molecule has 1 amide bonds. The summed E-state index contributed by atoms with van der Waals surface area (Å²) in [7, 11) is 3.38. The highest BCUT2D eigenvalue weighted by Crippen LogP contribution is 2.27. The number of ether oxygens (including phenoxy) is 1. The lowest BCUT2D eigenvalue weighted by Crippen LogP contribution is -2.16. The van der Waals surface area contributed by atoms with Crippen molar-refractivity contribution in [3.05, 3.63) is 59.4 Å². The largest absolute Gasteiger partial charge is 0.480 e. The molecular weight excluding hydrogens is 436 g/mol. The van der Waals surface area contributed by atoms with Gasteiger partial charge < -0.3 is 20.7 Å². The lowest BCUT2D eigenvalue weighted by molar-refractivity contribution is 0.102. The summed E-state index contributed by atoms with van der Waals surface area (Å²) < 4.78 is 5.39.